The van der Waals surface area contributed by atoms with Gasteiger partial charge >= 0.3 is 0 Å². The SMILES string of the molecule is CSCCCCNC1CCSc2ccccc21. The van der Waals surface area contributed by atoms with Gasteiger partial charge in [-0.05, 0) is 55.2 Å². The largest absolute Gasteiger partial charge is 0.310 e. The van der Waals surface area contributed by atoms with E-state index >= 15 is 0 Å². The monoisotopic (exact) mass is 267 g/mol. The minimum Gasteiger partial charge on any atom is -0.310 e. The van der Waals surface area contributed by atoms with Crippen LogP contribution in [0.4, 0.5) is 0 Å². The van der Waals surface area contributed by atoms with E-state index in [9.17, 15) is 0 Å². The Labute approximate surface area is 113 Å². The van der Waals surface area contributed by atoms with E-state index in [2.05, 4.69) is 35.8 Å². The van der Waals surface area contributed by atoms with Crippen molar-refractivity contribution in [1.29, 1.82) is 0 Å². The predicted molar refractivity (Wildman–Crippen MR) is 80.1 cm³/mol. The quantitative estimate of drug-likeness (QED) is 0.784. The molecule has 1 aromatic carbocycles. The van der Waals surface area contributed by atoms with Crippen molar-refractivity contribution in [2.75, 3.05) is 24.3 Å². The molecule has 1 nitrogen and oxygen atoms in total. The van der Waals surface area contributed by atoms with Crippen LogP contribution in [0.3, 0.4) is 0 Å². The molecule has 1 unspecified atom stereocenters. The van der Waals surface area contributed by atoms with E-state index in [0.717, 1.165) is 6.54 Å². The molecular formula is C14H21NS2. The molecule has 0 aromatic heterocycles. The maximum absolute atomic E-state index is 3.71. The van der Waals surface area contributed by atoms with Crippen molar-refractivity contribution in [3.05, 3.63) is 29.8 Å². The number of hydrogen-bond acceptors (Lipinski definition) is 3. The van der Waals surface area contributed by atoms with Crippen LogP contribution in [0.5, 0.6) is 0 Å². The van der Waals surface area contributed by atoms with Crippen molar-refractivity contribution < 1.29 is 0 Å². The van der Waals surface area contributed by atoms with Gasteiger partial charge in [0, 0.05) is 10.9 Å². The molecule has 1 aliphatic rings. The van der Waals surface area contributed by atoms with Gasteiger partial charge in [0.25, 0.3) is 0 Å². The van der Waals surface area contributed by atoms with E-state index in [1.54, 1.807) is 0 Å². The van der Waals surface area contributed by atoms with Gasteiger partial charge in [-0.3, -0.25) is 0 Å². The van der Waals surface area contributed by atoms with Gasteiger partial charge in [0.2, 0.25) is 0 Å². The molecule has 3 heteroatoms. The van der Waals surface area contributed by atoms with Gasteiger partial charge in [-0.25, -0.2) is 0 Å². The minimum absolute atomic E-state index is 0.585. The van der Waals surface area contributed by atoms with Gasteiger partial charge in [0.1, 0.15) is 0 Å². The average molecular weight is 267 g/mol. The summed E-state index contributed by atoms with van der Waals surface area (Å²) in [6.45, 7) is 1.16. The topological polar surface area (TPSA) is 12.0 Å². The summed E-state index contributed by atoms with van der Waals surface area (Å²) >= 11 is 3.94. The van der Waals surface area contributed by atoms with E-state index < -0.39 is 0 Å². The fourth-order valence-electron chi connectivity index (χ4n) is 2.20. The Hall–Kier alpha value is -0.120. The summed E-state index contributed by atoms with van der Waals surface area (Å²) in [6, 6.07) is 9.42. The summed E-state index contributed by atoms with van der Waals surface area (Å²) in [5, 5.41) is 3.71. The lowest BCUT2D eigenvalue weighted by Gasteiger charge is -2.26. The van der Waals surface area contributed by atoms with Crippen LogP contribution in [-0.4, -0.2) is 24.3 Å². The first-order valence-electron chi connectivity index (χ1n) is 6.36. The smallest absolute Gasteiger partial charge is 0.0339 e. The van der Waals surface area contributed by atoms with Gasteiger partial charge in [-0.2, -0.15) is 11.8 Å². The van der Waals surface area contributed by atoms with Crippen molar-refractivity contribution in [1.82, 2.24) is 5.32 Å². The molecule has 1 N–H and O–H groups in total. The Morgan fingerprint density at radius 2 is 2.24 bits per heavy atom. The Balaban J connectivity index is 1.82. The Morgan fingerprint density at radius 3 is 3.12 bits per heavy atom. The third kappa shape index (κ3) is 3.94. The lowest BCUT2D eigenvalue weighted by Crippen LogP contribution is -2.25. The van der Waals surface area contributed by atoms with Gasteiger partial charge in [0.15, 0.2) is 0 Å². The zero-order chi connectivity index (χ0) is 11.9. The zero-order valence-electron chi connectivity index (χ0n) is 10.4. The van der Waals surface area contributed by atoms with Crippen molar-refractivity contribution >= 4 is 23.5 Å². The number of thioether (sulfide) groups is 2. The number of hydrogen-bond donors (Lipinski definition) is 1. The summed E-state index contributed by atoms with van der Waals surface area (Å²) < 4.78 is 0. The number of unbranched alkanes of at least 4 members (excludes halogenated alkanes) is 1. The van der Waals surface area contributed by atoms with E-state index in [-0.39, 0.29) is 0 Å². The van der Waals surface area contributed by atoms with Crippen molar-refractivity contribution in [2.24, 2.45) is 0 Å². The molecule has 0 aliphatic carbocycles. The molecule has 0 saturated carbocycles. The Bertz CT molecular complexity index is 341. The third-order valence-corrected chi connectivity index (χ3v) is 4.94. The number of benzene rings is 1. The molecule has 0 spiro atoms. The molecule has 0 fully saturated rings. The highest BCUT2D eigenvalue weighted by Gasteiger charge is 2.18. The number of rotatable bonds is 6. The second-order valence-electron chi connectivity index (χ2n) is 4.38. The first kappa shape index (κ1) is 13.3. The first-order valence-corrected chi connectivity index (χ1v) is 8.74. The van der Waals surface area contributed by atoms with Crippen molar-refractivity contribution in [3.8, 4) is 0 Å². The fourth-order valence-corrected chi connectivity index (χ4v) is 3.82. The molecule has 2 rings (SSSR count). The van der Waals surface area contributed by atoms with Crippen molar-refractivity contribution in [2.45, 2.75) is 30.2 Å². The van der Waals surface area contributed by atoms with Crippen LogP contribution in [-0.2, 0) is 0 Å². The lowest BCUT2D eigenvalue weighted by atomic mass is 10.0. The van der Waals surface area contributed by atoms with Crippen LogP contribution in [0.2, 0.25) is 0 Å². The average Bonchev–Trinajstić information content (AvgIpc) is 2.39. The molecule has 0 amide bonds. The highest BCUT2D eigenvalue weighted by atomic mass is 32.2. The van der Waals surface area contributed by atoms with E-state index in [1.165, 1.54) is 41.2 Å². The van der Waals surface area contributed by atoms with Gasteiger partial charge in [0.05, 0.1) is 0 Å². The number of fused-ring (bicyclic) bond motifs is 1. The normalized spacial score (nSPS) is 19.0. The molecule has 0 bridgehead atoms. The van der Waals surface area contributed by atoms with Gasteiger partial charge in [-0.1, -0.05) is 18.2 Å². The summed E-state index contributed by atoms with van der Waals surface area (Å²) in [5.41, 5.74) is 1.51. The second kappa shape index (κ2) is 7.34. The third-order valence-electron chi connectivity index (χ3n) is 3.12. The van der Waals surface area contributed by atoms with Gasteiger partial charge in [-0.15, -0.1) is 11.8 Å². The first-order chi connectivity index (χ1) is 8.42. The molecule has 1 atom stereocenters. The van der Waals surface area contributed by atoms with Gasteiger partial charge < -0.3 is 5.32 Å². The van der Waals surface area contributed by atoms with Crippen LogP contribution >= 0.6 is 23.5 Å². The van der Waals surface area contributed by atoms with E-state index in [1.807, 2.05) is 23.5 Å². The van der Waals surface area contributed by atoms with E-state index in [4.69, 9.17) is 0 Å². The molecule has 0 radical (unpaired) electrons. The summed E-state index contributed by atoms with van der Waals surface area (Å²) in [4.78, 5) is 1.47. The van der Waals surface area contributed by atoms with Crippen LogP contribution < -0.4 is 5.32 Å². The Morgan fingerprint density at radius 1 is 1.35 bits per heavy atom. The zero-order valence-corrected chi connectivity index (χ0v) is 12.1. The van der Waals surface area contributed by atoms with E-state index in [0.29, 0.717) is 6.04 Å². The molecule has 94 valence electrons. The van der Waals surface area contributed by atoms with Crippen LogP contribution in [0.1, 0.15) is 30.9 Å². The summed E-state index contributed by atoms with van der Waals surface area (Å²) in [6.07, 6.45) is 6.08. The lowest BCUT2D eigenvalue weighted by molar-refractivity contribution is 0.501. The van der Waals surface area contributed by atoms with Crippen LogP contribution in [0.15, 0.2) is 29.2 Å². The predicted octanol–water partition coefficient (Wildman–Crippen LogP) is 3.96. The summed E-state index contributed by atoms with van der Waals surface area (Å²) in [7, 11) is 0. The molecule has 17 heavy (non-hydrogen) atoms. The maximum Gasteiger partial charge on any atom is 0.0339 e. The highest BCUT2D eigenvalue weighted by Crippen LogP contribution is 2.35. The molecule has 1 aliphatic heterocycles. The second-order valence-corrected chi connectivity index (χ2v) is 6.50. The molecule has 0 saturated heterocycles. The highest BCUT2D eigenvalue weighted by molar-refractivity contribution is 7.99. The summed E-state index contributed by atoms with van der Waals surface area (Å²) in [5.74, 6) is 2.54. The minimum atomic E-state index is 0.585. The van der Waals surface area contributed by atoms with Crippen LogP contribution in [0.25, 0.3) is 0 Å². The van der Waals surface area contributed by atoms with Crippen molar-refractivity contribution in [3.63, 3.8) is 0 Å². The Kier molecular flexibility index (Phi) is 5.75. The molecule has 1 heterocycles. The molecular weight excluding hydrogens is 246 g/mol. The molecule has 1 aromatic rings. The standard InChI is InChI=1S/C14H21NS2/c1-16-10-5-4-9-15-13-8-11-17-14-7-3-2-6-12(13)14/h2-3,6-7,13,15H,4-5,8-11H2,1H3. The maximum atomic E-state index is 3.71. The fraction of sp³-hybridized carbons (Fsp3) is 0.571. The number of nitrogens with one attached hydrogen (secondary N) is 1. The van der Waals surface area contributed by atoms with Crippen LogP contribution in [0, 0.1) is 0 Å².